The minimum absolute atomic E-state index is 0.232. The molecule has 1 aromatic carbocycles. The Kier molecular flexibility index (Phi) is 4.45. The number of halogens is 3. The van der Waals surface area contributed by atoms with Crippen LogP contribution in [0.25, 0.3) is 5.13 Å². The largest absolute Gasteiger partial charge is 0.435 e. The standard InChI is InChI=1S/C15H12F3N5OS/c1-9-2-4-10(5-3-9)20-21-13(24)11-8-23(14-19-6-7-25-14)22-12(11)15(16,17)18/h2-8,20H,1H3,(H,21,24). The van der Waals surface area contributed by atoms with Crippen molar-refractivity contribution < 1.29 is 18.0 Å². The molecule has 3 aromatic rings. The molecule has 130 valence electrons. The maximum absolute atomic E-state index is 13.2. The van der Waals surface area contributed by atoms with Crippen molar-refractivity contribution in [2.24, 2.45) is 0 Å². The zero-order valence-corrected chi connectivity index (χ0v) is 13.6. The fourth-order valence-corrected chi connectivity index (χ4v) is 2.58. The Bertz CT molecular complexity index is 872. The number of carbonyl (C=O) groups is 1. The van der Waals surface area contributed by atoms with Crippen molar-refractivity contribution in [3.05, 3.63) is 58.9 Å². The second-order valence-electron chi connectivity index (χ2n) is 5.09. The number of carbonyl (C=O) groups excluding carboxylic acids is 1. The molecular formula is C15H12F3N5OS. The molecule has 2 heterocycles. The van der Waals surface area contributed by atoms with Crippen LogP contribution in [0.15, 0.2) is 42.0 Å². The molecule has 0 atom stereocenters. The number of hydrazine groups is 1. The van der Waals surface area contributed by atoms with Crippen LogP contribution in [0, 0.1) is 6.92 Å². The number of nitrogens with one attached hydrogen (secondary N) is 2. The highest BCUT2D eigenvalue weighted by atomic mass is 32.1. The molecule has 10 heteroatoms. The number of hydrogen-bond acceptors (Lipinski definition) is 5. The number of thiazole rings is 1. The summed E-state index contributed by atoms with van der Waals surface area (Å²) in [7, 11) is 0. The molecule has 0 aliphatic carbocycles. The number of aromatic nitrogens is 3. The van der Waals surface area contributed by atoms with Gasteiger partial charge < -0.3 is 0 Å². The summed E-state index contributed by atoms with van der Waals surface area (Å²) >= 11 is 1.11. The third-order valence-electron chi connectivity index (χ3n) is 3.21. The van der Waals surface area contributed by atoms with E-state index in [1.807, 2.05) is 6.92 Å². The average Bonchev–Trinajstić information content (AvgIpc) is 3.22. The van der Waals surface area contributed by atoms with Crippen LogP contribution in [0.1, 0.15) is 21.6 Å². The summed E-state index contributed by atoms with van der Waals surface area (Å²) in [5.41, 5.74) is 4.51. The summed E-state index contributed by atoms with van der Waals surface area (Å²) in [6.45, 7) is 1.89. The van der Waals surface area contributed by atoms with Crippen LogP contribution in [0.4, 0.5) is 18.9 Å². The van der Waals surface area contributed by atoms with Crippen molar-refractivity contribution in [2.45, 2.75) is 13.1 Å². The highest BCUT2D eigenvalue weighted by Crippen LogP contribution is 2.31. The van der Waals surface area contributed by atoms with Gasteiger partial charge >= 0.3 is 6.18 Å². The highest BCUT2D eigenvalue weighted by molar-refractivity contribution is 7.12. The first-order chi connectivity index (χ1) is 11.8. The Hall–Kier alpha value is -2.88. The first kappa shape index (κ1) is 17.0. The van der Waals surface area contributed by atoms with Crippen LogP contribution in [0.2, 0.25) is 0 Å². The monoisotopic (exact) mass is 367 g/mol. The van der Waals surface area contributed by atoms with Crippen molar-refractivity contribution in [3.63, 3.8) is 0 Å². The van der Waals surface area contributed by atoms with E-state index in [9.17, 15) is 18.0 Å². The number of anilines is 1. The molecule has 0 spiro atoms. The normalized spacial score (nSPS) is 11.4. The Morgan fingerprint density at radius 3 is 2.56 bits per heavy atom. The lowest BCUT2D eigenvalue weighted by Gasteiger charge is -2.09. The van der Waals surface area contributed by atoms with Gasteiger partial charge in [-0.25, -0.2) is 9.67 Å². The quantitative estimate of drug-likeness (QED) is 0.693. The van der Waals surface area contributed by atoms with Crippen LogP contribution in [0.3, 0.4) is 0 Å². The maximum atomic E-state index is 13.2. The number of benzene rings is 1. The van der Waals surface area contributed by atoms with Gasteiger partial charge in [-0.2, -0.15) is 18.3 Å². The van der Waals surface area contributed by atoms with E-state index in [0.717, 1.165) is 27.8 Å². The number of amides is 1. The van der Waals surface area contributed by atoms with E-state index in [-0.39, 0.29) is 5.13 Å². The fourth-order valence-electron chi connectivity index (χ4n) is 2.01. The number of alkyl halides is 3. The molecule has 3 rings (SSSR count). The lowest BCUT2D eigenvalue weighted by molar-refractivity contribution is -0.141. The molecule has 0 aliphatic heterocycles. The lowest BCUT2D eigenvalue weighted by atomic mass is 10.2. The van der Waals surface area contributed by atoms with Crippen molar-refractivity contribution in [2.75, 3.05) is 5.43 Å². The van der Waals surface area contributed by atoms with Gasteiger partial charge in [0, 0.05) is 17.8 Å². The van der Waals surface area contributed by atoms with Crippen LogP contribution < -0.4 is 10.9 Å². The van der Waals surface area contributed by atoms with Crippen LogP contribution in [-0.2, 0) is 6.18 Å². The molecule has 0 fully saturated rings. The maximum Gasteiger partial charge on any atom is 0.435 e. The zero-order chi connectivity index (χ0) is 18.0. The minimum Gasteiger partial charge on any atom is -0.298 e. The van der Waals surface area contributed by atoms with Crippen molar-refractivity contribution in [3.8, 4) is 5.13 Å². The first-order valence-corrected chi connectivity index (χ1v) is 7.92. The van der Waals surface area contributed by atoms with Gasteiger partial charge in [0.25, 0.3) is 5.91 Å². The topological polar surface area (TPSA) is 71.8 Å². The molecule has 6 nitrogen and oxygen atoms in total. The van der Waals surface area contributed by atoms with E-state index >= 15 is 0 Å². The summed E-state index contributed by atoms with van der Waals surface area (Å²) < 4.78 is 40.5. The zero-order valence-electron chi connectivity index (χ0n) is 12.8. The van der Waals surface area contributed by atoms with E-state index < -0.39 is 23.3 Å². The third kappa shape index (κ3) is 3.79. The van der Waals surface area contributed by atoms with Crippen molar-refractivity contribution >= 4 is 22.9 Å². The molecule has 25 heavy (non-hydrogen) atoms. The summed E-state index contributed by atoms with van der Waals surface area (Å²) in [6.07, 6.45) is -2.32. The van der Waals surface area contributed by atoms with Gasteiger partial charge in [-0.1, -0.05) is 17.7 Å². The Morgan fingerprint density at radius 1 is 1.24 bits per heavy atom. The number of rotatable bonds is 4. The molecule has 2 aromatic heterocycles. The van der Waals surface area contributed by atoms with Gasteiger partial charge in [-0.3, -0.25) is 15.6 Å². The SMILES string of the molecule is Cc1ccc(NNC(=O)c2cn(-c3nccs3)nc2C(F)(F)F)cc1. The molecular weight excluding hydrogens is 355 g/mol. The number of hydrogen-bond donors (Lipinski definition) is 2. The van der Waals surface area contributed by atoms with E-state index in [1.165, 1.54) is 6.20 Å². The molecule has 0 aliphatic rings. The smallest absolute Gasteiger partial charge is 0.298 e. The Labute approximate surface area is 144 Å². The molecule has 0 radical (unpaired) electrons. The Morgan fingerprint density at radius 2 is 1.96 bits per heavy atom. The number of aryl methyl sites for hydroxylation is 1. The van der Waals surface area contributed by atoms with Crippen LogP contribution in [-0.4, -0.2) is 20.7 Å². The van der Waals surface area contributed by atoms with Crippen molar-refractivity contribution in [1.29, 1.82) is 0 Å². The molecule has 0 saturated carbocycles. The van der Waals surface area contributed by atoms with Gasteiger partial charge in [0.05, 0.1) is 11.3 Å². The van der Waals surface area contributed by atoms with E-state index in [2.05, 4.69) is 20.9 Å². The van der Waals surface area contributed by atoms with Gasteiger partial charge in [0.2, 0.25) is 5.13 Å². The molecule has 0 unspecified atom stereocenters. The van der Waals surface area contributed by atoms with E-state index in [0.29, 0.717) is 5.69 Å². The van der Waals surface area contributed by atoms with Gasteiger partial charge in [-0.15, -0.1) is 11.3 Å². The molecule has 1 amide bonds. The summed E-state index contributed by atoms with van der Waals surface area (Å²) in [4.78, 5) is 16.1. The second kappa shape index (κ2) is 6.55. The van der Waals surface area contributed by atoms with Gasteiger partial charge in [0.1, 0.15) is 0 Å². The van der Waals surface area contributed by atoms with Crippen molar-refractivity contribution in [1.82, 2.24) is 20.2 Å². The van der Waals surface area contributed by atoms with Crippen LogP contribution in [0.5, 0.6) is 0 Å². The Balaban J connectivity index is 1.84. The fraction of sp³-hybridized carbons (Fsp3) is 0.133. The minimum atomic E-state index is -4.76. The van der Waals surface area contributed by atoms with Crippen LogP contribution >= 0.6 is 11.3 Å². The third-order valence-corrected chi connectivity index (χ3v) is 3.98. The lowest BCUT2D eigenvalue weighted by Crippen LogP contribution is -2.30. The highest BCUT2D eigenvalue weighted by Gasteiger charge is 2.39. The predicted molar refractivity (Wildman–Crippen MR) is 86.5 cm³/mol. The molecule has 2 N–H and O–H groups in total. The van der Waals surface area contributed by atoms with E-state index in [1.54, 1.807) is 29.6 Å². The molecule has 0 saturated heterocycles. The average molecular weight is 367 g/mol. The number of nitrogens with zero attached hydrogens (tertiary/aromatic N) is 3. The summed E-state index contributed by atoms with van der Waals surface area (Å²) in [5.74, 6) is -0.948. The molecule has 0 bridgehead atoms. The van der Waals surface area contributed by atoms with E-state index in [4.69, 9.17) is 0 Å². The predicted octanol–water partition coefficient (Wildman–Crippen LogP) is 3.41. The van der Waals surface area contributed by atoms with Gasteiger partial charge in [0.15, 0.2) is 5.69 Å². The first-order valence-electron chi connectivity index (χ1n) is 7.04. The summed E-state index contributed by atoms with van der Waals surface area (Å²) in [6, 6.07) is 6.99. The summed E-state index contributed by atoms with van der Waals surface area (Å²) in [5, 5.41) is 5.30. The second-order valence-corrected chi connectivity index (χ2v) is 5.97. The van der Waals surface area contributed by atoms with Gasteiger partial charge in [-0.05, 0) is 19.1 Å².